The lowest BCUT2D eigenvalue weighted by Gasteiger charge is -2.21. The monoisotopic (exact) mass is 220 g/mol. The fourth-order valence-corrected chi connectivity index (χ4v) is 1.65. The maximum atomic E-state index is 11.9. The average Bonchev–Trinajstić information content (AvgIpc) is 2.22. The van der Waals surface area contributed by atoms with Gasteiger partial charge in [-0.2, -0.15) is 0 Å². The fourth-order valence-electron chi connectivity index (χ4n) is 1.65. The largest absolute Gasteiger partial charge is 0.325 e. The molecule has 16 heavy (non-hydrogen) atoms. The number of aryl methyl sites for hydroxylation is 1. The summed E-state index contributed by atoms with van der Waals surface area (Å²) < 4.78 is 0. The second-order valence-corrected chi connectivity index (χ2v) is 4.24. The van der Waals surface area contributed by atoms with Crippen LogP contribution in [-0.4, -0.2) is 30.9 Å². The second-order valence-electron chi connectivity index (χ2n) is 4.24. The van der Waals surface area contributed by atoms with Gasteiger partial charge in [0.05, 0.1) is 6.04 Å². The van der Waals surface area contributed by atoms with Gasteiger partial charge in [-0.25, -0.2) is 0 Å². The molecular formula is C13H20N2O. The molecule has 0 aliphatic rings. The van der Waals surface area contributed by atoms with Gasteiger partial charge in [-0.05, 0) is 39.6 Å². The van der Waals surface area contributed by atoms with Crippen molar-refractivity contribution < 1.29 is 4.79 Å². The van der Waals surface area contributed by atoms with Crippen LogP contribution in [0.25, 0.3) is 0 Å². The van der Waals surface area contributed by atoms with E-state index in [1.54, 1.807) is 0 Å². The van der Waals surface area contributed by atoms with E-state index in [-0.39, 0.29) is 11.9 Å². The van der Waals surface area contributed by atoms with E-state index >= 15 is 0 Å². The predicted octanol–water partition coefficient (Wildman–Crippen LogP) is 2.27. The number of hydrogen-bond acceptors (Lipinski definition) is 2. The zero-order chi connectivity index (χ0) is 12.1. The second kappa shape index (κ2) is 5.66. The van der Waals surface area contributed by atoms with Crippen LogP contribution in [-0.2, 0) is 4.79 Å². The van der Waals surface area contributed by atoms with Crippen LogP contribution in [0.2, 0.25) is 0 Å². The molecule has 0 fully saturated rings. The fraction of sp³-hybridized carbons (Fsp3) is 0.462. The van der Waals surface area contributed by atoms with Gasteiger partial charge in [0.25, 0.3) is 0 Å². The van der Waals surface area contributed by atoms with Gasteiger partial charge in [-0.15, -0.1) is 0 Å². The Morgan fingerprint density at radius 1 is 1.31 bits per heavy atom. The quantitative estimate of drug-likeness (QED) is 0.844. The van der Waals surface area contributed by atoms with E-state index in [0.717, 1.165) is 12.1 Å². The average molecular weight is 220 g/mol. The van der Waals surface area contributed by atoms with Crippen molar-refractivity contribution in [1.82, 2.24) is 4.90 Å². The van der Waals surface area contributed by atoms with Crippen molar-refractivity contribution in [3.63, 3.8) is 0 Å². The summed E-state index contributed by atoms with van der Waals surface area (Å²) in [6.07, 6.45) is 0.810. The number of nitrogens with zero attached hydrogens (tertiary/aromatic N) is 1. The lowest BCUT2D eigenvalue weighted by atomic mass is 10.2. The van der Waals surface area contributed by atoms with Crippen LogP contribution < -0.4 is 5.32 Å². The molecule has 0 spiro atoms. The first kappa shape index (κ1) is 12.7. The maximum Gasteiger partial charge on any atom is 0.241 e. The molecule has 0 saturated heterocycles. The Morgan fingerprint density at radius 2 is 1.88 bits per heavy atom. The number of carbonyl (C=O) groups is 1. The summed E-state index contributed by atoms with van der Waals surface area (Å²) >= 11 is 0. The number of hydrogen-bond donors (Lipinski definition) is 1. The summed E-state index contributed by atoms with van der Waals surface area (Å²) in [6, 6.07) is 7.77. The summed E-state index contributed by atoms with van der Waals surface area (Å²) in [5.74, 6) is 0.0522. The topological polar surface area (TPSA) is 32.3 Å². The van der Waals surface area contributed by atoms with E-state index in [9.17, 15) is 4.79 Å². The highest BCUT2D eigenvalue weighted by Crippen LogP contribution is 2.10. The Bertz CT molecular complexity index is 343. The van der Waals surface area contributed by atoms with Crippen molar-refractivity contribution in [2.24, 2.45) is 0 Å². The summed E-state index contributed by atoms with van der Waals surface area (Å²) in [5.41, 5.74) is 2.05. The third-order valence-corrected chi connectivity index (χ3v) is 2.63. The molecule has 1 rings (SSSR count). The molecule has 0 bridgehead atoms. The molecule has 0 aliphatic carbocycles. The van der Waals surface area contributed by atoms with E-state index in [0.29, 0.717) is 0 Å². The van der Waals surface area contributed by atoms with Crippen LogP contribution in [0.1, 0.15) is 18.9 Å². The lowest BCUT2D eigenvalue weighted by molar-refractivity contribution is -0.120. The Balaban J connectivity index is 2.66. The smallest absolute Gasteiger partial charge is 0.241 e. The van der Waals surface area contributed by atoms with Gasteiger partial charge in [0.1, 0.15) is 0 Å². The van der Waals surface area contributed by atoms with Crippen molar-refractivity contribution in [3.05, 3.63) is 29.8 Å². The number of likely N-dealkylation sites (N-methyl/N-ethyl adjacent to an activating group) is 1. The van der Waals surface area contributed by atoms with Crippen molar-refractivity contribution in [3.8, 4) is 0 Å². The summed E-state index contributed by atoms with van der Waals surface area (Å²) in [5, 5.41) is 2.92. The maximum absolute atomic E-state index is 11.9. The van der Waals surface area contributed by atoms with Gasteiger partial charge in [0.15, 0.2) is 0 Å². The zero-order valence-corrected chi connectivity index (χ0v) is 10.4. The number of benzene rings is 1. The first-order valence-electron chi connectivity index (χ1n) is 5.58. The molecule has 1 aromatic carbocycles. The van der Waals surface area contributed by atoms with Crippen LogP contribution >= 0.6 is 0 Å². The standard InChI is InChI=1S/C13H20N2O/c1-5-12(15(3)4)13(16)14-11-8-6-10(2)7-9-11/h6-9,12H,5H2,1-4H3,(H,14,16)/t12-/m0/s1. The number of nitrogens with one attached hydrogen (secondary N) is 1. The van der Waals surface area contributed by atoms with Crippen LogP contribution in [0, 0.1) is 6.92 Å². The predicted molar refractivity (Wildman–Crippen MR) is 67.6 cm³/mol. The molecule has 1 amide bonds. The minimum absolute atomic E-state index is 0.0522. The number of carbonyl (C=O) groups excluding carboxylic acids is 1. The van der Waals surface area contributed by atoms with Crippen molar-refractivity contribution >= 4 is 11.6 Å². The third-order valence-electron chi connectivity index (χ3n) is 2.63. The summed E-state index contributed by atoms with van der Waals surface area (Å²) in [4.78, 5) is 13.9. The van der Waals surface area contributed by atoms with Crippen LogP contribution in [0.15, 0.2) is 24.3 Å². The molecule has 0 unspecified atom stereocenters. The van der Waals surface area contributed by atoms with Gasteiger partial charge in [0, 0.05) is 5.69 Å². The summed E-state index contributed by atoms with van der Waals surface area (Å²) in [7, 11) is 3.84. The molecule has 0 heterocycles. The zero-order valence-electron chi connectivity index (χ0n) is 10.4. The van der Waals surface area contributed by atoms with E-state index in [1.807, 2.05) is 57.1 Å². The first-order chi connectivity index (χ1) is 7.54. The Hall–Kier alpha value is -1.35. The molecule has 1 aromatic rings. The molecule has 88 valence electrons. The Kier molecular flexibility index (Phi) is 4.50. The summed E-state index contributed by atoms with van der Waals surface area (Å²) in [6.45, 7) is 4.04. The molecule has 1 atom stereocenters. The van der Waals surface area contributed by atoms with Gasteiger partial charge >= 0.3 is 0 Å². The lowest BCUT2D eigenvalue weighted by Crippen LogP contribution is -2.39. The Morgan fingerprint density at radius 3 is 2.31 bits per heavy atom. The highest BCUT2D eigenvalue weighted by molar-refractivity contribution is 5.94. The first-order valence-corrected chi connectivity index (χ1v) is 5.58. The molecule has 0 aliphatic heterocycles. The van der Waals surface area contributed by atoms with Gasteiger partial charge < -0.3 is 5.32 Å². The van der Waals surface area contributed by atoms with Crippen molar-refractivity contribution in [2.75, 3.05) is 19.4 Å². The van der Waals surface area contributed by atoms with Crippen LogP contribution in [0.5, 0.6) is 0 Å². The van der Waals surface area contributed by atoms with Crippen molar-refractivity contribution in [2.45, 2.75) is 26.3 Å². The van der Waals surface area contributed by atoms with Gasteiger partial charge in [0.2, 0.25) is 5.91 Å². The number of anilines is 1. The Labute approximate surface area is 97.5 Å². The third kappa shape index (κ3) is 3.35. The van der Waals surface area contributed by atoms with Crippen LogP contribution in [0.4, 0.5) is 5.69 Å². The van der Waals surface area contributed by atoms with Crippen LogP contribution in [0.3, 0.4) is 0 Å². The van der Waals surface area contributed by atoms with E-state index in [1.165, 1.54) is 5.56 Å². The molecule has 3 nitrogen and oxygen atoms in total. The highest BCUT2D eigenvalue weighted by atomic mass is 16.2. The molecule has 0 saturated carbocycles. The molecule has 0 radical (unpaired) electrons. The number of amides is 1. The minimum Gasteiger partial charge on any atom is -0.325 e. The molecule has 1 N–H and O–H groups in total. The van der Waals surface area contributed by atoms with E-state index in [2.05, 4.69) is 5.32 Å². The minimum atomic E-state index is -0.0682. The van der Waals surface area contributed by atoms with Gasteiger partial charge in [-0.1, -0.05) is 24.6 Å². The number of rotatable bonds is 4. The van der Waals surface area contributed by atoms with E-state index < -0.39 is 0 Å². The SMILES string of the molecule is CC[C@@H](C(=O)Nc1ccc(C)cc1)N(C)C. The molecule has 0 aromatic heterocycles. The normalized spacial score (nSPS) is 12.6. The highest BCUT2D eigenvalue weighted by Gasteiger charge is 2.18. The molecular weight excluding hydrogens is 200 g/mol. The van der Waals surface area contributed by atoms with Gasteiger partial charge in [-0.3, -0.25) is 9.69 Å². The molecule has 3 heteroatoms. The van der Waals surface area contributed by atoms with Crippen molar-refractivity contribution in [1.29, 1.82) is 0 Å². The van der Waals surface area contributed by atoms with E-state index in [4.69, 9.17) is 0 Å².